The number of rotatable bonds is 5. The van der Waals surface area contributed by atoms with Crippen LogP contribution in [0.25, 0.3) is 0 Å². The molecule has 20 heavy (non-hydrogen) atoms. The maximum atomic E-state index is 10.1. The van der Waals surface area contributed by atoms with Gasteiger partial charge in [-0.3, -0.25) is 0 Å². The molecule has 0 saturated heterocycles. The Morgan fingerprint density at radius 2 is 1.80 bits per heavy atom. The average molecular weight is 285 g/mol. The van der Waals surface area contributed by atoms with Crippen LogP contribution in [0, 0.1) is 5.92 Å². The normalized spacial score (nSPS) is 12.1. The monoisotopic (exact) mass is 285 g/mol. The van der Waals surface area contributed by atoms with E-state index in [1.54, 1.807) is 18.2 Å². The van der Waals surface area contributed by atoms with Crippen molar-refractivity contribution < 1.29 is 25.8 Å². The Balaban J connectivity index is 0. The van der Waals surface area contributed by atoms with Crippen molar-refractivity contribution in [3.8, 4) is 0 Å². The number of carboxylic acids is 1. The third-order valence-electron chi connectivity index (χ3n) is 2.35. The fourth-order valence-corrected chi connectivity index (χ4v) is 1.21. The lowest BCUT2D eigenvalue weighted by Crippen LogP contribution is -2.50. The number of aliphatic carboxylic acids is 1. The summed E-state index contributed by atoms with van der Waals surface area (Å²) < 4.78 is 0. The van der Waals surface area contributed by atoms with Crippen molar-refractivity contribution in [2.75, 3.05) is 13.2 Å². The topological polar surface area (TPSA) is 108 Å². The van der Waals surface area contributed by atoms with Crippen molar-refractivity contribution in [3.63, 3.8) is 0 Å². The lowest BCUT2D eigenvalue weighted by atomic mass is 10.1. The standard InChI is InChI=1S/C8H8O3.C5H13NO.C2H6/c9-7(8(10)11)6-4-2-1-3-5-6;1-5(4-7)2-3-6;1-2/h1-5,7,9H,(H,10,11);5,7H,2-4,6H2,1H3;1-2H3. The van der Waals surface area contributed by atoms with Crippen molar-refractivity contribution >= 4 is 5.97 Å². The second-order valence-electron chi connectivity index (χ2n) is 4.06. The molecule has 0 fully saturated rings. The van der Waals surface area contributed by atoms with Gasteiger partial charge in [0.05, 0.1) is 12.5 Å². The van der Waals surface area contributed by atoms with Crippen LogP contribution in [0.3, 0.4) is 0 Å². The van der Waals surface area contributed by atoms with Gasteiger partial charge < -0.3 is 25.8 Å². The van der Waals surface area contributed by atoms with Crippen molar-refractivity contribution in [1.82, 2.24) is 0 Å². The summed E-state index contributed by atoms with van der Waals surface area (Å²) in [5.41, 5.74) is 4.00. The molecule has 116 valence electrons. The first-order valence-corrected chi connectivity index (χ1v) is 6.86. The maximum absolute atomic E-state index is 10.1. The van der Waals surface area contributed by atoms with Gasteiger partial charge in [0.25, 0.3) is 0 Å². The van der Waals surface area contributed by atoms with E-state index in [1.165, 1.54) is 12.1 Å². The molecule has 5 N–H and O–H groups in total. The molecule has 5 nitrogen and oxygen atoms in total. The minimum atomic E-state index is -1.52. The van der Waals surface area contributed by atoms with Gasteiger partial charge in [-0.2, -0.15) is 0 Å². The highest BCUT2D eigenvalue weighted by Gasteiger charge is 2.05. The van der Waals surface area contributed by atoms with E-state index in [0.29, 0.717) is 18.1 Å². The average Bonchev–Trinajstić information content (AvgIpc) is 2.50. The number of hydrogen-bond acceptors (Lipinski definition) is 4. The van der Waals surface area contributed by atoms with Gasteiger partial charge in [0.2, 0.25) is 0 Å². The van der Waals surface area contributed by atoms with Crippen molar-refractivity contribution in [1.29, 1.82) is 0 Å². The Hall–Kier alpha value is -1.43. The zero-order valence-electron chi connectivity index (χ0n) is 12.6. The van der Waals surface area contributed by atoms with E-state index < -0.39 is 12.1 Å². The van der Waals surface area contributed by atoms with Gasteiger partial charge in [0.1, 0.15) is 6.10 Å². The summed E-state index contributed by atoms with van der Waals surface area (Å²) >= 11 is 0. The maximum Gasteiger partial charge on any atom is 0.118 e. The number of quaternary nitrogens is 1. The Kier molecular flexibility index (Phi) is 14.6. The minimum Gasteiger partial charge on any atom is -0.547 e. The predicted octanol–water partition coefficient (Wildman–Crippen LogP) is -0.257. The Morgan fingerprint density at radius 3 is 2.10 bits per heavy atom. The summed E-state index contributed by atoms with van der Waals surface area (Å²) in [6.07, 6.45) is -0.479. The fraction of sp³-hybridized carbons (Fsp3) is 0.533. The number of carbonyl (C=O) groups excluding carboxylic acids is 1. The third kappa shape index (κ3) is 10.5. The quantitative estimate of drug-likeness (QED) is 0.692. The van der Waals surface area contributed by atoms with E-state index in [-0.39, 0.29) is 0 Å². The molecule has 2 unspecified atom stereocenters. The highest BCUT2D eigenvalue weighted by atomic mass is 16.4. The largest absolute Gasteiger partial charge is 0.547 e. The molecule has 0 aliphatic heterocycles. The zero-order chi connectivity index (χ0) is 16.0. The van der Waals surface area contributed by atoms with Crippen molar-refractivity contribution in [2.24, 2.45) is 5.92 Å². The van der Waals surface area contributed by atoms with E-state index in [4.69, 9.17) is 10.2 Å². The number of carbonyl (C=O) groups is 1. The molecule has 0 radical (unpaired) electrons. The van der Waals surface area contributed by atoms with Crippen LogP contribution in [-0.4, -0.2) is 29.3 Å². The Morgan fingerprint density at radius 1 is 1.30 bits per heavy atom. The molecule has 1 aromatic carbocycles. The van der Waals surface area contributed by atoms with Crippen LogP contribution in [0.5, 0.6) is 0 Å². The van der Waals surface area contributed by atoms with E-state index in [2.05, 4.69) is 5.73 Å². The second kappa shape index (κ2) is 14.0. The Bertz CT molecular complexity index is 330. The zero-order valence-corrected chi connectivity index (χ0v) is 12.6. The van der Waals surface area contributed by atoms with Crippen LogP contribution in [0.2, 0.25) is 0 Å². The van der Waals surface area contributed by atoms with E-state index in [9.17, 15) is 9.90 Å². The molecular formula is C15H27NO4. The molecule has 0 spiro atoms. The molecule has 0 heterocycles. The van der Waals surface area contributed by atoms with Crippen molar-refractivity contribution in [2.45, 2.75) is 33.3 Å². The lowest BCUT2D eigenvalue weighted by molar-refractivity contribution is -0.370. The molecule has 0 saturated carbocycles. The molecule has 5 heteroatoms. The first-order chi connectivity index (χ1) is 9.52. The first kappa shape index (κ1) is 20.9. The SMILES string of the molecule is CC.CC(CO)CC[NH3+].O=C([O-])C(O)c1ccccc1. The Labute approximate surface area is 121 Å². The summed E-state index contributed by atoms with van der Waals surface area (Å²) in [5.74, 6) is -1.03. The van der Waals surface area contributed by atoms with Crippen LogP contribution in [-0.2, 0) is 4.79 Å². The molecule has 2 atom stereocenters. The van der Waals surface area contributed by atoms with Crippen LogP contribution < -0.4 is 10.8 Å². The molecule has 0 aliphatic carbocycles. The number of hydrogen-bond donors (Lipinski definition) is 3. The van der Waals surface area contributed by atoms with Gasteiger partial charge in [-0.25, -0.2) is 0 Å². The smallest absolute Gasteiger partial charge is 0.118 e. The molecule has 0 bridgehead atoms. The second-order valence-corrected chi connectivity index (χ2v) is 4.06. The molecule has 1 aromatic rings. The van der Waals surface area contributed by atoms with Gasteiger partial charge in [-0.05, 0) is 11.5 Å². The molecule has 0 aliphatic rings. The van der Waals surface area contributed by atoms with Crippen LogP contribution in [0.4, 0.5) is 0 Å². The molecule has 0 amide bonds. The van der Waals surface area contributed by atoms with E-state index >= 15 is 0 Å². The van der Waals surface area contributed by atoms with Crippen LogP contribution >= 0.6 is 0 Å². The fourth-order valence-electron chi connectivity index (χ4n) is 1.21. The van der Waals surface area contributed by atoms with Crippen LogP contribution in [0.15, 0.2) is 30.3 Å². The predicted molar refractivity (Wildman–Crippen MR) is 76.4 cm³/mol. The van der Waals surface area contributed by atoms with Gasteiger partial charge in [0, 0.05) is 13.0 Å². The van der Waals surface area contributed by atoms with Gasteiger partial charge >= 0.3 is 0 Å². The minimum absolute atomic E-state index is 0.301. The molecule has 0 aromatic heterocycles. The number of benzene rings is 1. The van der Waals surface area contributed by atoms with E-state index in [1.807, 2.05) is 20.8 Å². The highest BCUT2D eigenvalue weighted by molar-refractivity contribution is 5.71. The van der Waals surface area contributed by atoms with Crippen molar-refractivity contribution in [3.05, 3.63) is 35.9 Å². The third-order valence-corrected chi connectivity index (χ3v) is 2.35. The van der Waals surface area contributed by atoms with Gasteiger partial charge in [-0.15, -0.1) is 0 Å². The first-order valence-electron chi connectivity index (χ1n) is 6.86. The summed E-state index contributed by atoms with van der Waals surface area (Å²) in [7, 11) is 0. The molecule has 1 rings (SSSR count). The lowest BCUT2D eigenvalue weighted by Gasteiger charge is -2.10. The number of aliphatic hydroxyl groups excluding tert-OH is 2. The van der Waals surface area contributed by atoms with Gasteiger partial charge in [0.15, 0.2) is 0 Å². The highest BCUT2D eigenvalue weighted by Crippen LogP contribution is 2.09. The summed E-state index contributed by atoms with van der Waals surface area (Å²) in [5, 5.41) is 27.5. The van der Waals surface area contributed by atoms with Gasteiger partial charge in [-0.1, -0.05) is 51.1 Å². The van der Waals surface area contributed by atoms with Crippen LogP contribution in [0.1, 0.15) is 38.9 Å². The summed E-state index contributed by atoms with van der Waals surface area (Å²) in [6, 6.07) is 8.11. The molecular weight excluding hydrogens is 258 g/mol. The number of carboxylic acid groups (broad SMARTS) is 1. The summed E-state index contributed by atoms with van der Waals surface area (Å²) in [6.45, 7) is 7.25. The van der Waals surface area contributed by atoms with E-state index in [0.717, 1.165) is 13.0 Å². The summed E-state index contributed by atoms with van der Waals surface area (Å²) in [4.78, 5) is 10.1. The number of aliphatic hydroxyl groups is 2.